The number of carbonyl (C=O) groups excluding carboxylic acids is 1. The second-order valence-electron chi connectivity index (χ2n) is 12.1. The molecule has 0 saturated carbocycles. The summed E-state index contributed by atoms with van der Waals surface area (Å²) in [5.41, 5.74) is 4.16. The highest BCUT2D eigenvalue weighted by molar-refractivity contribution is 6.88. The average molecular weight is 504 g/mol. The Balaban J connectivity index is 1.59. The molecule has 1 aliphatic rings. The van der Waals surface area contributed by atoms with E-state index in [1.807, 2.05) is 49.8 Å². The SMILES string of the molecule is Cn1cc(-c2ccc3cnc4[nH]c([Si](C)(C)C)c(C5CCN(C(=O)OC(C)(C)C)CC5)c4c3c2)cn1. The maximum absolute atomic E-state index is 12.7. The molecular formula is C28H37N5O2Si. The van der Waals surface area contributed by atoms with Crippen molar-refractivity contribution in [3.63, 3.8) is 0 Å². The molecule has 1 saturated heterocycles. The highest BCUT2D eigenvalue weighted by atomic mass is 28.3. The number of piperidine rings is 1. The first kappa shape index (κ1) is 24.6. The second kappa shape index (κ2) is 8.76. The molecule has 36 heavy (non-hydrogen) atoms. The van der Waals surface area contributed by atoms with Gasteiger partial charge in [0, 0.05) is 54.2 Å². The molecular weight excluding hydrogens is 466 g/mol. The molecule has 4 aromatic rings. The van der Waals surface area contributed by atoms with Gasteiger partial charge in [0.15, 0.2) is 0 Å². The number of ether oxygens (including phenoxy) is 1. The highest BCUT2D eigenvalue weighted by Crippen LogP contribution is 2.38. The van der Waals surface area contributed by atoms with Gasteiger partial charge in [-0.15, -0.1) is 0 Å². The van der Waals surface area contributed by atoms with Crippen molar-refractivity contribution in [2.24, 2.45) is 7.05 Å². The van der Waals surface area contributed by atoms with Crippen LogP contribution in [0.3, 0.4) is 0 Å². The molecule has 7 nitrogen and oxygen atoms in total. The van der Waals surface area contributed by atoms with Gasteiger partial charge in [-0.1, -0.05) is 31.8 Å². The number of H-pyrrole nitrogens is 1. The lowest BCUT2D eigenvalue weighted by atomic mass is 9.88. The van der Waals surface area contributed by atoms with Gasteiger partial charge in [-0.25, -0.2) is 9.78 Å². The minimum Gasteiger partial charge on any atom is -0.444 e. The molecule has 0 radical (unpaired) electrons. The molecule has 1 N–H and O–H groups in total. The molecule has 3 aromatic heterocycles. The van der Waals surface area contributed by atoms with Crippen LogP contribution in [0.15, 0.2) is 36.8 Å². The van der Waals surface area contributed by atoms with E-state index in [2.05, 4.69) is 54.1 Å². The van der Waals surface area contributed by atoms with Crippen molar-refractivity contribution in [1.29, 1.82) is 0 Å². The van der Waals surface area contributed by atoms with Crippen LogP contribution in [-0.2, 0) is 11.8 Å². The molecule has 1 aromatic carbocycles. The molecule has 0 aliphatic carbocycles. The summed E-state index contributed by atoms with van der Waals surface area (Å²) in [5.74, 6) is 0.369. The normalized spacial score (nSPS) is 15.7. The van der Waals surface area contributed by atoms with Gasteiger partial charge in [-0.2, -0.15) is 5.10 Å². The predicted octanol–water partition coefficient (Wildman–Crippen LogP) is 5.78. The third-order valence-electron chi connectivity index (χ3n) is 7.02. The third-order valence-corrected chi connectivity index (χ3v) is 8.91. The number of pyridine rings is 1. The van der Waals surface area contributed by atoms with Crippen molar-refractivity contribution in [1.82, 2.24) is 24.6 Å². The Hall–Kier alpha value is -3.13. The number of rotatable bonds is 3. The third kappa shape index (κ3) is 4.66. The van der Waals surface area contributed by atoms with Crippen molar-refractivity contribution in [3.05, 3.63) is 42.4 Å². The van der Waals surface area contributed by atoms with Crippen molar-refractivity contribution >= 4 is 41.3 Å². The fourth-order valence-electron chi connectivity index (χ4n) is 5.32. The number of aromatic nitrogens is 4. The zero-order chi connectivity index (χ0) is 25.8. The summed E-state index contributed by atoms with van der Waals surface area (Å²) >= 11 is 0. The van der Waals surface area contributed by atoms with Crippen molar-refractivity contribution in [2.75, 3.05) is 13.1 Å². The molecule has 190 valence electrons. The van der Waals surface area contributed by atoms with E-state index >= 15 is 0 Å². The molecule has 1 fully saturated rings. The summed E-state index contributed by atoms with van der Waals surface area (Å²) in [6.45, 7) is 14.3. The van der Waals surface area contributed by atoms with Crippen molar-refractivity contribution in [2.45, 2.75) is 64.8 Å². The van der Waals surface area contributed by atoms with E-state index < -0.39 is 13.7 Å². The molecule has 0 bridgehead atoms. The Morgan fingerprint density at radius 2 is 1.83 bits per heavy atom. The number of aryl methyl sites for hydroxylation is 1. The number of nitrogens with zero attached hydrogens (tertiary/aromatic N) is 4. The van der Waals surface area contributed by atoms with E-state index in [1.165, 1.54) is 21.7 Å². The number of benzene rings is 1. The molecule has 1 amide bonds. The maximum atomic E-state index is 12.7. The zero-order valence-electron chi connectivity index (χ0n) is 22.5. The van der Waals surface area contributed by atoms with Crippen LogP contribution in [0.1, 0.15) is 45.1 Å². The molecule has 8 heteroatoms. The lowest BCUT2D eigenvalue weighted by Crippen LogP contribution is -2.44. The van der Waals surface area contributed by atoms with Crippen LogP contribution in [0.4, 0.5) is 4.79 Å². The van der Waals surface area contributed by atoms with E-state index in [0.717, 1.165) is 35.0 Å². The largest absolute Gasteiger partial charge is 0.444 e. The smallest absolute Gasteiger partial charge is 0.410 e. The van der Waals surface area contributed by atoms with Crippen molar-refractivity contribution < 1.29 is 9.53 Å². The standard InChI is InChI=1S/C28H37N5O2Si/c1-28(2,3)35-27(34)33-12-10-18(11-13-33)23-24-22-14-19(21-16-30-32(4)17-21)8-9-20(22)15-29-25(24)31-26(23)36(5,6)7/h8-9,14-18H,10-13H2,1-7H3,(H,29,31). The summed E-state index contributed by atoms with van der Waals surface area (Å²) < 4.78 is 7.48. The lowest BCUT2D eigenvalue weighted by molar-refractivity contribution is 0.0205. The van der Waals surface area contributed by atoms with E-state index in [9.17, 15) is 4.79 Å². The fourth-order valence-corrected chi connectivity index (χ4v) is 6.95. The van der Waals surface area contributed by atoms with Gasteiger partial charge in [0.05, 0.1) is 14.3 Å². The van der Waals surface area contributed by atoms with Crippen LogP contribution in [-0.4, -0.2) is 57.5 Å². The number of nitrogens with one attached hydrogen (secondary N) is 1. The summed E-state index contributed by atoms with van der Waals surface area (Å²) in [6.07, 6.45) is 7.57. The van der Waals surface area contributed by atoms with Gasteiger partial charge in [-0.05, 0) is 62.1 Å². The summed E-state index contributed by atoms with van der Waals surface area (Å²) in [4.78, 5) is 23.2. The number of fused-ring (bicyclic) bond motifs is 3. The Morgan fingerprint density at radius 3 is 2.44 bits per heavy atom. The average Bonchev–Trinajstić information content (AvgIpc) is 3.41. The van der Waals surface area contributed by atoms with E-state index in [1.54, 1.807) is 0 Å². The molecule has 0 atom stereocenters. The van der Waals surface area contributed by atoms with E-state index in [0.29, 0.717) is 19.0 Å². The summed E-state index contributed by atoms with van der Waals surface area (Å²) in [5, 5.41) is 9.36. The van der Waals surface area contributed by atoms with Crippen LogP contribution in [0.25, 0.3) is 32.9 Å². The van der Waals surface area contributed by atoms with Crippen LogP contribution in [0.2, 0.25) is 19.6 Å². The minimum atomic E-state index is -1.69. The van der Waals surface area contributed by atoms with Gasteiger partial charge >= 0.3 is 6.09 Å². The molecule has 4 heterocycles. The molecule has 0 spiro atoms. The van der Waals surface area contributed by atoms with Gasteiger partial charge in [0.2, 0.25) is 0 Å². The molecule has 0 unspecified atom stereocenters. The minimum absolute atomic E-state index is 0.210. The van der Waals surface area contributed by atoms with Crippen LogP contribution < -0.4 is 5.32 Å². The number of aromatic amines is 1. The van der Waals surface area contributed by atoms with E-state index in [-0.39, 0.29) is 6.09 Å². The maximum Gasteiger partial charge on any atom is 0.410 e. The number of hydrogen-bond acceptors (Lipinski definition) is 4. The summed E-state index contributed by atoms with van der Waals surface area (Å²) in [7, 11) is 0.254. The first-order valence-electron chi connectivity index (χ1n) is 12.8. The second-order valence-corrected chi connectivity index (χ2v) is 17.1. The first-order chi connectivity index (χ1) is 16.9. The molecule has 5 rings (SSSR count). The van der Waals surface area contributed by atoms with Gasteiger partial charge in [-0.3, -0.25) is 4.68 Å². The zero-order valence-corrected chi connectivity index (χ0v) is 23.5. The van der Waals surface area contributed by atoms with Crippen LogP contribution in [0.5, 0.6) is 0 Å². The van der Waals surface area contributed by atoms with Gasteiger partial charge < -0.3 is 14.6 Å². The van der Waals surface area contributed by atoms with E-state index in [4.69, 9.17) is 9.72 Å². The monoisotopic (exact) mass is 503 g/mol. The van der Waals surface area contributed by atoms with Crippen molar-refractivity contribution in [3.8, 4) is 11.1 Å². The van der Waals surface area contributed by atoms with Gasteiger partial charge in [0.1, 0.15) is 11.2 Å². The predicted molar refractivity (Wildman–Crippen MR) is 149 cm³/mol. The number of amides is 1. The lowest BCUT2D eigenvalue weighted by Gasteiger charge is -2.34. The first-order valence-corrected chi connectivity index (χ1v) is 16.3. The van der Waals surface area contributed by atoms with Crippen LogP contribution >= 0.6 is 0 Å². The van der Waals surface area contributed by atoms with Gasteiger partial charge in [0.25, 0.3) is 0 Å². The topological polar surface area (TPSA) is 76.0 Å². The van der Waals surface area contributed by atoms with Crippen LogP contribution in [0, 0.1) is 0 Å². The molecule has 1 aliphatic heterocycles. The Kier molecular flexibility index (Phi) is 5.98. The summed E-state index contributed by atoms with van der Waals surface area (Å²) in [6, 6.07) is 6.61. The number of hydrogen-bond donors (Lipinski definition) is 1. The number of likely N-dealkylation sites (tertiary alicyclic amines) is 1. The fraction of sp³-hybridized carbons (Fsp3) is 0.464. The quantitative estimate of drug-likeness (QED) is 0.360. The number of carbonyl (C=O) groups is 1. The highest BCUT2D eigenvalue weighted by Gasteiger charge is 2.34. The Bertz CT molecular complexity index is 1430. The Morgan fingerprint density at radius 1 is 1.11 bits per heavy atom. The Labute approximate surface area is 213 Å².